The molecule has 38 heavy (non-hydrogen) atoms. The molecule has 0 aromatic heterocycles. The van der Waals surface area contributed by atoms with E-state index in [0.717, 1.165) is 6.42 Å². The number of ether oxygens (including phenoxy) is 1. The molecule has 5 rings (SSSR count). The van der Waals surface area contributed by atoms with Crippen molar-refractivity contribution in [2.45, 2.75) is 63.3 Å². The minimum atomic E-state index is -1.34. The van der Waals surface area contributed by atoms with Crippen molar-refractivity contribution in [1.82, 2.24) is 9.80 Å². The lowest BCUT2D eigenvalue weighted by molar-refractivity contribution is -0.152. The maximum absolute atomic E-state index is 14.4. The fraction of sp³-hybridized carbons (Fsp3) is 0.552. The lowest BCUT2D eigenvalue weighted by Crippen LogP contribution is -2.59. The third kappa shape index (κ3) is 3.83. The van der Waals surface area contributed by atoms with Gasteiger partial charge in [-0.2, -0.15) is 0 Å². The molecule has 8 nitrogen and oxygen atoms in total. The fourth-order valence-corrected chi connectivity index (χ4v) is 7.01. The van der Waals surface area contributed by atoms with E-state index in [-0.39, 0.29) is 30.9 Å². The van der Waals surface area contributed by atoms with Crippen molar-refractivity contribution < 1.29 is 24.2 Å². The summed E-state index contributed by atoms with van der Waals surface area (Å²) in [5.74, 6) is -2.38. The zero-order valence-electron chi connectivity index (χ0n) is 22.2. The van der Waals surface area contributed by atoms with Crippen LogP contribution < -0.4 is 4.90 Å². The number of hydrogen-bond acceptors (Lipinski definition) is 5. The van der Waals surface area contributed by atoms with Crippen LogP contribution >= 0.6 is 11.6 Å². The second-order valence-electron chi connectivity index (χ2n) is 10.6. The van der Waals surface area contributed by atoms with Crippen molar-refractivity contribution in [2.24, 2.45) is 11.8 Å². The highest BCUT2D eigenvalue weighted by Gasteiger charge is 2.75. The first kappa shape index (κ1) is 26.9. The maximum Gasteiger partial charge on any atom is 0.253 e. The molecule has 1 N–H and O–H groups in total. The van der Waals surface area contributed by atoms with Gasteiger partial charge in [0.2, 0.25) is 11.8 Å². The van der Waals surface area contributed by atoms with Crippen molar-refractivity contribution in [3.63, 3.8) is 0 Å². The molecule has 1 aromatic rings. The molecule has 2 fully saturated rings. The predicted octanol–water partition coefficient (Wildman–Crippen LogP) is 3.18. The Morgan fingerprint density at radius 3 is 2.34 bits per heavy atom. The summed E-state index contributed by atoms with van der Waals surface area (Å²) in [5, 5.41) is 10.8. The number of halogens is 1. The molecule has 9 heteroatoms. The van der Waals surface area contributed by atoms with Crippen LogP contribution in [0.1, 0.15) is 40.0 Å². The second kappa shape index (κ2) is 10.1. The molecule has 0 aliphatic carbocycles. The van der Waals surface area contributed by atoms with E-state index in [1.165, 1.54) is 4.90 Å². The van der Waals surface area contributed by atoms with E-state index in [4.69, 9.17) is 16.3 Å². The van der Waals surface area contributed by atoms with E-state index in [9.17, 15) is 19.5 Å². The number of hydrogen-bond donors (Lipinski definition) is 1. The summed E-state index contributed by atoms with van der Waals surface area (Å²) in [5.41, 5.74) is -1.70. The number of benzene rings is 1. The van der Waals surface area contributed by atoms with E-state index < -0.39 is 35.1 Å². The molecule has 0 radical (unpaired) electrons. The highest BCUT2D eigenvalue weighted by Crippen LogP contribution is 2.59. The molecule has 0 bridgehead atoms. The number of anilines is 1. The SMILES string of the molecule is CCCN1CC=C[C@]2(CC)O[C@]34C=CCN(c5ccc(Cl)cc5)C(=O)C3N([C@@H](CC)CO)C(=O)[C@@H]4[C@@H]2C1=O. The predicted molar refractivity (Wildman–Crippen MR) is 145 cm³/mol. The summed E-state index contributed by atoms with van der Waals surface area (Å²) in [7, 11) is 0. The quantitative estimate of drug-likeness (QED) is 0.535. The Kier molecular flexibility index (Phi) is 7.18. The molecule has 6 atom stereocenters. The standard InChI is InChI=1S/C29H36ClN3O5/c1-4-15-31-16-7-13-28(6-3)22(25(31)35)23-26(36)33(20(5-2)18-34)24-27(37)32(17-8-14-29(23,24)38-28)21-11-9-19(30)10-12-21/h7-14,20,22-24,34H,4-6,15-18H2,1-3H3/t20-,22+,23-,24?,28-,29-/m0/s1. The summed E-state index contributed by atoms with van der Waals surface area (Å²) >= 11 is 6.10. The molecule has 4 heterocycles. The number of amides is 3. The third-order valence-corrected chi connectivity index (χ3v) is 8.92. The van der Waals surface area contributed by atoms with Crippen molar-refractivity contribution in [2.75, 3.05) is 31.1 Å². The van der Waals surface area contributed by atoms with Gasteiger partial charge in [-0.05, 0) is 43.5 Å². The highest BCUT2D eigenvalue weighted by molar-refractivity contribution is 6.30. The average Bonchev–Trinajstić information content (AvgIpc) is 3.21. The van der Waals surface area contributed by atoms with Crippen LogP contribution in [0.25, 0.3) is 0 Å². The molecule has 0 saturated carbocycles. The number of nitrogens with zero attached hydrogens (tertiary/aromatic N) is 3. The Bertz CT molecular complexity index is 1170. The van der Waals surface area contributed by atoms with E-state index in [0.29, 0.717) is 36.6 Å². The van der Waals surface area contributed by atoms with Gasteiger partial charge >= 0.3 is 0 Å². The summed E-state index contributed by atoms with van der Waals surface area (Å²) in [6.07, 6.45) is 9.34. The van der Waals surface area contributed by atoms with Crippen molar-refractivity contribution in [3.05, 3.63) is 53.6 Å². The molecule has 204 valence electrons. The molecule has 1 unspecified atom stereocenters. The smallest absolute Gasteiger partial charge is 0.253 e. The largest absolute Gasteiger partial charge is 0.394 e. The summed E-state index contributed by atoms with van der Waals surface area (Å²) < 4.78 is 6.95. The molecular formula is C29H36ClN3O5. The second-order valence-corrected chi connectivity index (χ2v) is 11.1. The topological polar surface area (TPSA) is 90.4 Å². The van der Waals surface area contributed by atoms with Gasteiger partial charge in [0.05, 0.1) is 30.1 Å². The van der Waals surface area contributed by atoms with Crippen LogP contribution in [-0.4, -0.2) is 82.2 Å². The van der Waals surface area contributed by atoms with Crippen molar-refractivity contribution >= 4 is 35.0 Å². The average molecular weight is 542 g/mol. The Balaban J connectivity index is 1.68. The van der Waals surface area contributed by atoms with Gasteiger partial charge in [-0.15, -0.1) is 0 Å². The number of carbonyl (C=O) groups is 3. The van der Waals surface area contributed by atoms with Gasteiger partial charge in [-0.3, -0.25) is 14.4 Å². The third-order valence-electron chi connectivity index (χ3n) is 8.67. The number of aliphatic hydroxyl groups is 1. The molecular weight excluding hydrogens is 506 g/mol. The van der Waals surface area contributed by atoms with Crippen LogP contribution in [0.2, 0.25) is 5.02 Å². The minimum Gasteiger partial charge on any atom is -0.394 e. The summed E-state index contributed by atoms with van der Waals surface area (Å²) in [6.45, 7) is 6.88. The lowest BCUT2D eigenvalue weighted by atomic mass is 9.73. The number of likely N-dealkylation sites (tertiary alicyclic amines) is 1. The Hall–Kier alpha value is -2.68. The minimum absolute atomic E-state index is 0.119. The Morgan fingerprint density at radius 1 is 1.00 bits per heavy atom. The first-order valence-corrected chi connectivity index (χ1v) is 14.0. The van der Waals surface area contributed by atoms with Crippen molar-refractivity contribution in [3.8, 4) is 0 Å². The van der Waals surface area contributed by atoms with E-state index in [1.54, 1.807) is 34.1 Å². The van der Waals surface area contributed by atoms with E-state index in [2.05, 4.69) is 0 Å². The zero-order chi connectivity index (χ0) is 27.2. The van der Waals surface area contributed by atoms with Gasteiger partial charge in [0.25, 0.3) is 5.91 Å². The molecule has 1 spiro atoms. The van der Waals surface area contributed by atoms with Gasteiger partial charge in [0.15, 0.2) is 0 Å². The monoisotopic (exact) mass is 541 g/mol. The van der Waals surface area contributed by atoms with Crippen LogP contribution in [0.15, 0.2) is 48.6 Å². The highest BCUT2D eigenvalue weighted by atomic mass is 35.5. The first-order valence-electron chi connectivity index (χ1n) is 13.6. The van der Waals surface area contributed by atoms with Crippen LogP contribution in [0, 0.1) is 11.8 Å². The maximum atomic E-state index is 14.4. The van der Waals surface area contributed by atoms with E-state index >= 15 is 0 Å². The lowest BCUT2D eigenvalue weighted by Gasteiger charge is -2.40. The number of aliphatic hydroxyl groups excluding tert-OH is 1. The van der Waals surface area contributed by atoms with E-state index in [1.807, 2.05) is 45.1 Å². The Morgan fingerprint density at radius 2 is 1.71 bits per heavy atom. The molecule has 1 aromatic carbocycles. The number of rotatable bonds is 7. The summed E-state index contributed by atoms with van der Waals surface area (Å²) in [6, 6.07) is 5.38. The molecule has 4 aliphatic rings. The molecule has 2 saturated heterocycles. The summed E-state index contributed by atoms with van der Waals surface area (Å²) in [4.78, 5) is 47.9. The van der Waals surface area contributed by atoms with Gasteiger partial charge in [0.1, 0.15) is 11.6 Å². The van der Waals surface area contributed by atoms with Gasteiger partial charge < -0.3 is 24.5 Å². The van der Waals surface area contributed by atoms with Crippen LogP contribution in [0.5, 0.6) is 0 Å². The number of carbonyl (C=O) groups excluding carboxylic acids is 3. The van der Waals surface area contributed by atoms with Gasteiger partial charge in [0, 0.05) is 30.3 Å². The molecule has 4 aliphatic heterocycles. The fourth-order valence-electron chi connectivity index (χ4n) is 6.88. The first-order chi connectivity index (χ1) is 18.3. The van der Waals surface area contributed by atoms with Crippen LogP contribution in [0.4, 0.5) is 5.69 Å². The van der Waals surface area contributed by atoms with Gasteiger partial charge in [-0.1, -0.05) is 56.7 Å². The zero-order valence-corrected chi connectivity index (χ0v) is 22.9. The number of fused-ring (bicyclic) bond motifs is 2. The van der Waals surface area contributed by atoms with Crippen molar-refractivity contribution in [1.29, 1.82) is 0 Å². The molecule has 3 amide bonds. The van der Waals surface area contributed by atoms with Crippen LogP contribution in [-0.2, 0) is 19.1 Å². The normalized spacial score (nSPS) is 33.2. The van der Waals surface area contributed by atoms with Gasteiger partial charge in [-0.25, -0.2) is 0 Å². The Labute approximate surface area is 228 Å². The van der Waals surface area contributed by atoms with Crippen LogP contribution in [0.3, 0.4) is 0 Å².